The van der Waals surface area contributed by atoms with Gasteiger partial charge in [-0.2, -0.15) is 0 Å². The molecule has 1 saturated heterocycles. The van der Waals surface area contributed by atoms with Crippen LogP contribution in [0.5, 0.6) is 0 Å². The first-order chi connectivity index (χ1) is 9.91. The van der Waals surface area contributed by atoms with Gasteiger partial charge in [-0.25, -0.2) is 0 Å². The van der Waals surface area contributed by atoms with Crippen molar-refractivity contribution in [2.75, 3.05) is 19.8 Å². The van der Waals surface area contributed by atoms with Crippen molar-refractivity contribution in [2.24, 2.45) is 0 Å². The zero-order chi connectivity index (χ0) is 15.5. The number of benzene rings is 1. The van der Waals surface area contributed by atoms with E-state index in [4.69, 9.17) is 4.74 Å². The molecule has 0 aliphatic carbocycles. The molecule has 1 aliphatic heterocycles. The first kappa shape index (κ1) is 15.4. The Morgan fingerprint density at radius 3 is 2.76 bits per heavy atom. The van der Waals surface area contributed by atoms with Gasteiger partial charge in [0.05, 0.1) is 10.5 Å². The van der Waals surface area contributed by atoms with Crippen molar-refractivity contribution in [3.63, 3.8) is 0 Å². The molecule has 7 nitrogen and oxygen atoms in total. The van der Waals surface area contributed by atoms with Gasteiger partial charge in [-0.15, -0.1) is 0 Å². The minimum atomic E-state index is -1.01. The van der Waals surface area contributed by atoms with E-state index >= 15 is 0 Å². The summed E-state index contributed by atoms with van der Waals surface area (Å²) in [5.74, 6) is -0.551. The van der Waals surface area contributed by atoms with Crippen LogP contribution < -0.4 is 5.32 Å². The fraction of sp³-hybridized carbons (Fsp3) is 0.500. The van der Waals surface area contributed by atoms with Crippen molar-refractivity contribution in [3.05, 3.63) is 39.4 Å². The van der Waals surface area contributed by atoms with E-state index in [0.29, 0.717) is 26.1 Å². The van der Waals surface area contributed by atoms with E-state index in [-0.39, 0.29) is 17.8 Å². The number of aliphatic hydroxyl groups is 1. The van der Waals surface area contributed by atoms with E-state index in [1.165, 1.54) is 12.1 Å². The second-order valence-electron chi connectivity index (χ2n) is 5.30. The van der Waals surface area contributed by atoms with Gasteiger partial charge in [0.25, 0.3) is 11.6 Å². The maximum atomic E-state index is 12.1. The van der Waals surface area contributed by atoms with Crippen LogP contribution >= 0.6 is 0 Å². The van der Waals surface area contributed by atoms with Crippen LogP contribution in [0.3, 0.4) is 0 Å². The number of nitrogens with zero attached hydrogens (tertiary/aromatic N) is 1. The number of nitrogens with one attached hydrogen (secondary N) is 1. The third-order valence-electron chi connectivity index (χ3n) is 3.59. The average molecular weight is 294 g/mol. The van der Waals surface area contributed by atoms with Gasteiger partial charge in [0.1, 0.15) is 5.56 Å². The van der Waals surface area contributed by atoms with E-state index in [1.54, 1.807) is 13.0 Å². The van der Waals surface area contributed by atoms with Crippen molar-refractivity contribution in [1.29, 1.82) is 0 Å². The Bertz CT molecular complexity index is 552. The Labute approximate surface area is 122 Å². The highest BCUT2D eigenvalue weighted by atomic mass is 16.6. The predicted molar refractivity (Wildman–Crippen MR) is 75.2 cm³/mol. The van der Waals surface area contributed by atoms with E-state index < -0.39 is 16.4 Å². The SMILES string of the molecule is Cc1ccc([N+](=O)[O-])c(C(=O)NCC2(O)CCOCC2)c1. The fourth-order valence-corrected chi connectivity index (χ4v) is 2.26. The molecular formula is C14H18N2O5. The molecular weight excluding hydrogens is 276 g/mol. The lowest BCUT2D eigenvalue weighted by Gasteiger charge is -2.32. The van der Waals surface area contributed by atoms with Crippen LogP contribution in [0.2, 0.25) is 0 Å². The van der Waals surface area contributed by atoms with Crippen LogP contribution in [0.15, 0.2) is 18.2 Å². The topological polar surface area (TPSA) is 102 Å². The molecule has 0 saturated carbocycles. The summed E-state index contributed by atoms with van der Waals surface area (Å²) < 4.78 is 5.16. The first-order valence-corrected chi connectivity index (χ1v) is 6.75. The molecule has 2 rings (SSSR count). The van der Waals surface area contributed by atoms with Crippen LogP contribution in [0.1, 0.15) is 28.8 Å². The minimum absolute atomic E-state index is 0.00987. The quantitative estimate of drug-likeness (QED) is 0.641. The fourth-order valence-electron chi connectivity index (χ4n) is 2.26. The molecule has 1 aliphatic rings. The van der Waals surface area contributed by atoms with E-state index in [2.05, 4.69) is 5.32 Å². The number of aryl methyl sites for hydroxylation is 1. The van der Waals surface area contributed by atoms with Crippen molar-refractivity contribution < 1.29 is 19.6 Å². The summed E-state index contributed by atoms with van der Waals surface area (Å²) in [5, 5.41) is 23.8. The molecule has 1 amide bonds. The molecule has 0 unspecified atom stereocenters. The van der Waals surface area contributed by atoms with Gasteiger partial charge in [-0.05, 0) is 18.6 Å². The zero-order valence-corrected chi connectivity index (χ0v) is 11.8. The highest BCUT2D eigenvalue weighted by molar-refractivity contribution is 5.98. The van der Waals surface area contributed by atoms with Crippen LogP contribution in [0.25, 0.3) is 0 Å². The second-order valence-corrected chi connectivity index (χ2v) is 5.30. The molecule has 1 aromatic rings. The van der Waals surface area contributed by atoms with Gasteiger partial charge in [-0.1, -0.05) is 6.07 Å². The maximum Gasteiger partial charge on any atom is 0.282 e. The number of hydrogen-bond acceptors (Lipinski definition) is 5. The molecule has 1 fully saturated rings. The largest absolute Gasteiger partial charge is 0.388 e. The zero-order valence-electron chi connectivity index (χ0n) is 11.8. The molecule has 1 heterocycles. The lowest BCUT2D eigenvalue weighted by molar-refractivity contribution is -0.385. The highest BCUT2D eigenvalue weighted by Crippen LogP contribution is 2.22. The molecule has 2 N–H and O–H groups in total. The normalized spacial score (nSPS) is 17.2. The smallest absolute Gasteiger partial charge is 0.282 e. The summed E-state index contributed by atoms with van der Waals surface area (Å²) in [6, 6.07) is 4.37. The summed E-state index contributed by atoms with van der Waals surface area (Å²) >= 11 is 0. The Morgan fingerprint density at radius 1 is 1.48 bits per heavy atom. The first-order valence-electron chi connectivity index (χ1n) is 6.75. The highest BCUT2D eigenvalue weighted by Gasteiger charge is 2.31. The number of nitro benzene ring substituents is 1. The number of ether oxygens (including phenoxy) is 1. The molecule has 7 heteroatoms. The van der Waals surface area contributed by atoms with Crippen molar-refractivity contribution in [1.82, 2.24) is 5.32 Å². The van der Waals surface area contributed by atoms with Crippen molar-refractivity contribution in [3.8, 4) is 0 Å². The van der Waals surface area contributed by atoms with Crippen molar-refractivity contribution >= 4 is 11.6 Å². The van der Waals surface area contributed by atoms with Crippen molar-refractivity contribution in [2.45, 2.75) is 25.4 Å². The van der Waals surface area contributed by atoms with Gasteiger partial charge < -0.3 is 15.2 Å². The molecule has 1 aromatic carbocycles. The Morgan fingerprint density at radius 2 is 2.14 bits per heavy atom. The summed E-state index contributed by atoms with van der Waals surface area (Å²) in [4.78, 5) is 22.5. The Kier molecular flexibility index (Phi) is 4.54. The molecule has 114 valence electrons. The molecule has 0 aromatic heterocycles. The number of carbonyl (C=O) groups is 1. The monoisotopic (exact) mass is 294 g/mol. The molecule has 21 heavy (non-hydrogen) atoms. The number of hydrogen-bond donors (Lipinski definition) is 2. The molecule has 0 atom stereocenters. The molecule has 0 spiro atoms. The summed E-state index contributed by atoms with van der Waals surface area (Å²) in [6.45, 7) is 2.70. The van der Waals surface area contributed by atoms with Crippen LogP contribution in [0.4, 0.5) is 5.69 Å². The number of carbonyl (C=O) groups excluding carboxylic acids is 1. The van der Waals surface area contributed by atoms with Gasteiger partial charge >= 0.3 is 0 Å². The number of amides is 1. The van der Waals surface area contributed by atoms with E-state index in [9.17, 15) is 20.0 Å². The standard InChI is InChI=1S/C14H18N2O5/c1-10-2-3-12(16(19)20)11(8-10)13(17)15-9-14(18)4-6-21-7-5-14/h2-3,8,18H,4-7,9H2,1H3,(H,15,17). The Balaban J connectivity index is 2.09. The lowest BCUT2D eigenvalue weighted by Crippen LogP contribution is -2.46. The minimum Gasteiger partial charge on any atom is -0.388 e. The summed E-state index contributed by atoms with van der Waals surface area (Å²) in [5.41, 5.74) is -0.477. The number of rotatable bonds is 4. The van der Waals surface area contributed by atoms with E-state index in [1.807, 2.05) is 0 Å². The van der Waals surface area contributed by atoms with E-state index in [0.717, 1.165) is 5.56 Å². The van der Waals surface area contributed by atoms with Crippen LogP contribution in [0, 0.1) is 17.0 Å². The molecule has 0 radical (unpaired) electrons. The maximum absolute atomic E-state index is 12.1. The van der Waals surface area contributed by atoms with Crippen LogP contribution in [-0.4, -0.2) is 41.3 Å². The van der Waals surface area contributed by atoms with Gasteiger partial charge in [0, 0.05) is 38.7 Å². The summed E-state index contributed by atoms with van der Waals surface area (Å²) in [7, 11) is 0. The van der Waals surface area contributed by atoms with Gasteiger partial charge in [0.15, 0.2) is 0 Å². The van der Waals surface area contributed by atoms with Gasteiger partial charge in [-0.3, -0.25) is 14.9 Å². The Hall–Kier alpha value is -1.99. The third-order valence-corrected chi connectivity index (χ3v) is 3.59. The average Bonchev–Trinajstić information content (AvgIpc) is 2.45. The second kappa shape index (κ2) is 6.19. The lowest BCUT2D eigenvalue weighted by atomic mass is 9.94. The van der Waals surface area contributed by atoms with Gasteiger partial charge in [0.2, 0.25) is 0 Å². The third kappa shape index (κ3) is 3.77. The van der Waals surface area contributed by atoms with Crippen LogP contribution in [-0.2, 0) is 4.74 Å². The molecule has 0 bridgehead atoms. The number of nitro groups is 1. The predicted octanol–water partition coefficient (Wildman–Crippen LogP) is 1.17. The summed E-state index contributed by atoms with van der Waals surface area (Å²) in [6.07, 6.45) is 0.867.